The predicted molar refractivity (Wildman–Crippen MR) is 58.9 cm³/mol. The summed E-state index contributed by atoms with van der Waals surface area (Å²) in [6.45, 7) is 1.81. The molecule has 0 aliphatic heterocycles. The van der Waals surface area contributed by atoms with Crippen LogP contribution in [0.3, 0.4) is 0 Å². The highest BCUT2D eigenvalue weighted by molar-refractivity contribution is 7.89. The first-order valence-corrected chi connectivity index (χ1v) is 6.25. The number of rotatable bonds is 6. The molecule has 0 bridgehead atoms. The lowest BCUT2D eigenvalue weighted by Crippen LogP contribution is -2.23. The molecule has 5 nitrogen and oxygen atoms in total. The minimum absolute atomic E-state index is 0.0405. The molecule has 16 heavy (non-hydrogen) atoms. The first-order chi connectivity index (χ1) is 7.61. The van der Waals surface area contributed by atoms with E-state index in [2.05, 4.69) is 4.72 Å². The lowest BCUT2D eigenvalue weighted by molar-refractivity contribution is -0.109. The van der Waals surface area contributed by atoms with Crippen molar-refractivity contribution < 1.29 is 17.9 Å². The predicted octanol–water partition coefficient (Wildman–Crippen LogP) is 0.562. The van der Waals surface area contributed by atoms with Crippen LogP contribution in [-0.4, -0.2) is 27.9 Å². The van der Waals surface area contributed by atoms with Crippen LogP contribution in [0.2, 0.25) is 0 Å². The molecule has 0 aromatic heterocycles. The Hall–Kier alpha value is -1.40. The molecular formula is C10H13NO4S. The monoisotopic (exact) mass is 243 g/mol. The average Bonchev–Trinajstić information content (AvgIpc) is 2.26. The molecule has 0 saturated carbocycles. The average molecular weight is 243 g/mol. The molecule has 0 heterocycles. The molecule has 0 fully saturated rings. The summed E-state index contributed by atoms with van der Waals surface area (Å²) >= 11 is 0. The fourth-order valence-electron chi connectivity index (χ4n) is 1.18. The van der Waals surface area contributed by atoms with Crippen LogP contribution in [0.15, 0.2) is 29.2 Å². The quantitative estimate of drug-likeness (QED) is 0.741. The van der Waals surface area contributed by atoms with Crippen molar-refractivity contribution in [3.63, 3.8) is 0 Å². The standard InChI is InChI=1S/C10H13NO4S/c1-2-11-16(13,14)10-6-4-3-5-9(10)15-8-7-12/h3-7,11H,2,8H2,1H3. The summed E-state index contributed by atoms with van der Waals surface area (Å²) < 4.78 is 30.9. The zero-order valence-corrected chi connectivity index (χ0v) is 9.66. The van der Waals surface area contributed by atoms with Crippen molar-refractivity contribution in [3.05, 3.63) is 24.3 Å². The van der Waals surface area contributed by atoms with Crippen molar-refractivity contribution in [2.75, 3.05) is 13.2 Å². The molecular weight excluding hydrogens is 230 g/mol. The number of hydrogen-bond donors (Lipinski definition) is 1. The van der Waals surface area contributed by atoms with Gasteiger partial charge in [0.05, 0.1) is 0 Å². The number of sulfonamides is 1. The van der Waals surface area contributed by atoms with Crippen molar-refractivity contribution in [2.24, 2.45) is 0 Å². The highest BCUT2D eigenvalue weighted by atomic mass is 32.2. The topological polar surface area (TPSA) is 72.5 Å². The van der Waals surface area contributed by atoms with Gasteiger partial charge in [-0.3, -0.25) is 4.79 Å². The highest BCUT2D eigenvalue weighted by Gasteiger charge is 2.17. The van der Waals surface area contributed by atoms with E-state index in [9.17, 15) is 13.2 Å². The number of para-hydroxylation sites is 1. The van der Waals surface area contributed by atoms with Crippen molar-refractivity contribution >= 4 is 16.3 Å². The van der Waals surface area contributed by atoms with E-state index in [4.69, 9.17) is 4.74 Å². The molecule has 0 spiro atoms. The molecule has 0 aliphatic carbocycles. The van der Waals surface area contributed by atoms with Gasteiger partial charge in [-0.2, -0.15) is 0 Å². The Morgan fingerprint density at radius 3 is 2.69 bits per heavy atom. The van der Waals surface area contributed by atoms with E-state index >= 15 is 0 Å². The smallest absolute Gasteiger partial charge is 0.244 e. The molecule has 1 rings (SSSR count). The summed E-state index contributed by atoms with van der Waals surface area (Å²) in [7, 11) is -3.56. The van der Waals surface area contributed by atoms with E-state index < -0.39 is 10.0 Å². The van der Waals surface area contributed by atoms with Crippen LogP contribution in [0, 0.1) is 0 Å². The molecule has 1 aromatic rings. The summed E-state index contributed by atoms with van der Waals surface area (Å²) in [6.07, 6.45) is 0.566. The maximum Gasteiger partial charge on any atom is 0.244 e. The van der Waals surface area contributed by atoms with Crippen LogP contribution >= 0.6 is 0 Å². The molecule has 0 unspecified atom stereocenters. The minimum Gasteiger partial charge on any atom is -0.485 e. The first kappa shape index (κ1) is 12.7. The fourth-order valence-corrected chi connectivity index (χ4v) is 2.37. The van der Waals surface area contributed by atoms with Crippen molar-refractivity contribution in [3.8, 4) is 5.75 Å². The lowest BCUT2D eigenvalue weighted by Gasteiger charge is -2.09. The van der Waals surface area contributed by atoms with Gasteiger partial charge in [-0.15, -0.1) is 0 Å². The van der Waals surface area contributed by atoms with Crippen LogP contribution in [0.4, 0.5) is 0 Å². The van der Waals surface area contributed by atoms with Gasteiger partial charge in [0, 0.05) is 6.54 Å². The maximum atomic E-state index is 11.7. The Bertz CT molecular complexity index is 456. The summed E-state index contributed by atoms with van der Waals surface area (Å²) in [5.74, 6) is 0.176. The van der Waals surface area contributed by atoms with Gasteiger partial charge in [0.2, 0.25) is 10.0 Å². The molecule has 88 valence electrons. The van der Waals surface area contributed by atoms with Gasteiger partial charge in [0.25, 0.3) is 0 Å². The largest absolute Gasteiger partial charge is 0.485 e. The van der Waals surface area contributed by atoms with E-state index in [0.717, 1.165) is 0 Å². The number of hydrogen-bond acceptors (Lipinski definition) is 4. The SMILES string of the molecule is CCNS(=O)(=O)c1ccccc1OCC=O. The van der Waals surface area contributed by atoms with E-state index in [-0.39, 0.29) is 17.3 Å². The molecule has 0 saturated heterocycles. The van der Waals surface area contributed by atoms with Gasteiger partial charge >= 0.3 is 0 Å². The number of carbonyl (C=O) groups is 1. The highest BCUT2D eigenvalue weighted by Crippen LogP contribution is 2.22. The Kier molecular flexibility index (Phi) is 4.45. The summed E-state index contributed by atoms with van der Waals surface area (Å²) in [5, 5.41) is 0. The van der Waals surface area contributed by atoms with E-state index in [1.54, 1.807) is 19.1 Å². The number of aldehydes is 1. The number of carbonyl (C=O) groups excluding carboxylic acids is 1. The fraction of sp³-hybridized carbons (Fsp3) is 0.300. The van der Waals surface area contributed by atoms with Gasteiger partial charge in [0.1, 0.15) is 17.3 Å². The van der Waals surface area contributed by atoms with Crippen LogP contribution in [-0.2, 0) is 14.8 Å². The number of ether oxygens (including phenoxy) is 1. The van der Waals surface area contributed by atoms with Crippen LogP contribution in [0.5, 0.6) is 5.75 Å². The Morgan fingerprint density at radius 2 is 2.06 bits per heavy atom. The summed E-state index contributed by atoms with van der Waals surface area (Å²) in [6, 6.07) is 6.18. The molecule has 0 amide bonds. The second-order valence-corrected chi connectivity index (χ2v) is 4.66. The van der Waals surface area contributed by atoms with Crippen molar-refractivity contribution in [2.45, 2.75) is 11.8 Å². The third kappa shape index (κ3) is 3.04. The minimum atomic E-state index is -3.56. The molecule has 6 heteroatoms. The van der Waals surface area contributed by atoms with E-state index in [0.29, 0.717) is 12.8 Å². The van der Waals surface area contributed by atoms with Gasteiger partial charge in [-0.05, 0) is 12.1 Å². The van der Waals surface area contributed by atoms with Crippen LogP contribution in [0.1, 0.15) is 6.92 Å². The zero-order chi connectivity index (χ0) is 12.0. The normalized spacial score (nSPS) is 11.1. The maximum absolute atomic E-state index is 11.7. The molecule has 0 atom stereocenters. The lowest BCUT2D eigenvalue weighted by atomic mass is 10.3. The third-order valence-corrected chi connectivity index (χ3v) is 3.36. The van der Waals surface area contributed by atoms with Gasteiger partial charge in [-0.1, -0.05) is 19.1 Å². The van der Waals surface area contributed by atoms with E-state index in [1.807, 2.05) is 0 Å². The second kappa shape index (κ2) is 5.62. The Labute approximate surface area is 94.5 Å². The summed E-state index contributed by atoms with van der Waals surface area (Å²) in [4.78, 5) is 10.2. The summed E-state index contributed by atoms with van der Waals surface area (Å²) in [5.41, 5.74) is 0. The Morgan fingerprint density at radius 1 is 1.38 bits per heavy atom. The van der Waals surface area contributed by atoms with E-state index in [1.165, 1.54) is 12.1 Å². The zero-order valence-electron chi connectivity index (χ0n) is 8.84. The third-order valence-electron chi connectivity index (χ3n) is 1.78. The number of benzene rings is 1. The second-order valence-electron chi connectivity index (χ2n) is 2.93. The molecule has 1 aromatic carbocycles. The van der Waals surface area contributed by atoms with Crippen LogP contribution < -0.4 is 9.46 Å². The Balaban J connectivity index is 3.07. The first-order valence-electron chi connectivity index (χ1n) is 4.77. The van der Waals surface area contributed by atoms with Gasteiger partial charge in [-0.25, -0.2) is 13.1 Å². The number of nitrogens with one attached hydrogen (secondary N) is 1. The molecule has 0 aliphatic rings. The molecule has 1 N–H and O–H groups in total. The van der Waals surface area contributed by atoms with Crippen LogP contribution in [0.25, 0.3) is 0 Å². The van der Waals surface area contributed by atoms with Gasteiger partial charge < -0.3 is 4.74 Å². The van der Waals surface area contributed by atoms with Gasteiger partial charge in [0.15, 0.2) is 6.29 Å². The van der Waals surface area contributed by atoms with Crippen molar-refractivity contribution in [1.82, 2.24) is 4.72 Å². The molecule has 0 radical (unpaired) electrons. The van der Waals surface area contributed by atoms with Crippen molar-refractivity contribution in [1.29, 1.82) is 0 Å².